The predicted octanol–water partition coefficient (Wildman–Crippen LogP) is 5.11. The Hall–Kier alpha value is -2.66. The van der Waals surface area contributed by atoms with Crippen LogP contribution in [0.2, 0.25) is 0 Å². The minimum absolute atomic E-state index is 0.0743. The van der Waals surface area contributed by atoms with Crippen molar-refractivity contribution in [3.8, 4) is 0 Å². The summed E-state index contributed by atoms with van der Waals surface area (Å²) in [4.78, 5) is 33.8. The topological polar surface area (TPSA) is 59.9 Å². The third-order valence-electron chi connectivity index (χ3n) is 5.12. The monoisotopic (exact) mass is 434 g/mol. The molecule has 0 aliphatic heterocycles. The first kappa shape index (κ1) is 23.0. The highest BCUT2D eigenvalue weighted by molar-refractivity contribution is 7.11. The van der Waals surface area contributed by atoms with E-state index in [-0.39, 0.29) is 17.0 Å². The molecule has 3 rings (SSSR count). The molecule has 0 spiro atoms. The highest BCUT2D eigenvalue weighted by Gasteiger charge is 2.15. The summed E-state index contributed by atoms with van der Waals surface area (Å²) in [5, 5.41) is 0.874. The number of hydrogen-bond acceptors (Lipinski definition) is 5. The maximum atomic E-state index is 12.6. The largest absolute Gasteiger partial charge is 0.300 e. The first-order chi connectivity index (χ1) is 14.7. The Labute approximate surface area is 188 Å². The predicted molar refractivity (Wildman–Crippen MR) is 126 cm³/mol. The van der Waals surface area contributed by atoms with Gasteiger partial charge in [0.15, 0.2) is 0 Å². The zero-order valence-electron chi connectivity index (χ0n) is 18.8. The highest BCUT2D eigenvalue weighted by Crippen LogP contribution is 2.23. The molecule has 0 amide bonds. The number of aryl methyl sites for hydroxylation is 2. The van der Waals surface area contributed by atoms with Gasteiger partial charge in [0.1, 0.15) is 16.6 Å². The van der Waals surface area contributed by atoms with Crippen LogP contribution in [0.4, 0.5) is 0 Å². The van der Waals surface area contributed by atoms with E-state index in [2.05, 4.69) is 42.9 Å². The number of carbonyl (C=O) groups excluding carboxylic acids is 2. The Morgan fingerprint density at radius 2 is 1.74 bits per heavy atom. The summed E-state index contributed by atoms with van der Waals surface area (Å²) in [6, 6.07) is 12.3. The van der Waals surface area contributed by atoms with E-state index in [1.54, 1.807) is 24.5 Å². The molecule has 0 bridgehead atoms. The first-order valence-corrected chi connectivity index (χ1v) is 11.5. The van der Waals surface area contributed by atoms with Crippen LogP contribution in [0, 0.1) is 0 Å². The number of Topliss-reactive ketones (excluding diaryl/α,β-unsaturated/α-hetero) is 2. The van der Waals surface area contributed by atoms with Crippen LogP contribution in [-0.4, -0.2) is 21.5 Å². The molecule has 4 nitrogen and oxygen atoms in total. The summed E-state index contributed by atoms with van der Waals surface area (Å²) in [7, 11) is 0. The van der Waals surface area contributed by atoms with E-state index in [0.29, 0.717) is 19.3 Å². The van der Waals surface area contributed by atoms with Gasteiger partial charge < -0.3 is 0 Å². The van der Waals surface area contributed by atoms with Crippen molar-refractivity contribution in [2.24, 2.45) is 0 Å². The number of nitrogens with zero attached hydrogens (tertiary/aromatic N) is 2. The molecular formula is C26H30N2O2S. The van der Waals surface area contributed by atoms with Crippen molar-refractivity contribution in [1.29, 1.82) is 0 Å². The summed E-state index contributed by atoms with van der Waals surface area (Å²) in [6.45, 7) is 8.12. The van der Waals surface area contributed by atoms with Crippen molar-refractivity contribution in [1.82, 2.24) is 9.97 Å². The molecule has 2 heterocycles. The van der Waals surface area contributed by atoms with Gasteiger partial charge in [-0.05, 0) is 54.0 Å². The fourth-order valence-corrected chi connectivity index (χ4v) is 4.41. The van der Waals surface area contributed by atoms with Gasteiger partial charge in [-0.15, -0.1) is 11.3 Å². The SMILES string of the molecule is CC(=O)Cc1cc(CCc2cnc(CC(=O)Cc3cccc(C(C)(C)C)c3)s2)ccn1. The van der Waals surface area contributed by atoms with Crippen LogP contribution in [0.1, 0.15) is 60.0 Å². The lowest BCUT2D eigenvalue weighted by molar-refractivity contribution is -0.118. The summed E-state index contributed by atoms with van der Waals surface area (Å²) >= 11 is 1.61. The van der Waals surface area contributed by atoms with Crippen LogP contribution in [0.25, 0.3) is 0 Å². The van der Waals surface area contributed by atoms with E-state index in [1.165, 1.54) is 10.4 Å². The highest BCUT2D eigenvalue weighted by atomic mass is 32.1. The van der Waals surface area contributed by atoms with Crippen molar-refractivity contribution >= 4 is 22.9 Å². The number of hydrogen-bond donors (Lipinski definition) is 0. The number of benzene rings is 1. The molecule has 2 aromatic heterocycles. The zero-order chi connectivity index (χ0) is 22.4. The van der Waals surface area contributed by atoms with Crippen LogP contribution in [0.15, 0.2) is 48.8 Å². The maximum absolute atomic E-state index is 12.6. The molecule has 0 saturated carbocycles. The Morgan fingerprint density at radius 3 is 2.48 bits per heavy atom. The average Bonchev–Trinajstić information content (AvgIpc) is 3.13. The lowest BCUT2D eigenvalue weighted by atomic mass is 9.86. The Morgan fingerprint density at radius 1 is 0.935 bits per heavy atom. The van der Waals surface area contributed by atoms with Crippen molar-refractivity contribution in [2.75, 3.05) is 0 Å². The molecule has 0 aliphatic rings. The lowest BCUT2D eigenvalue weighted by Crippen LogP contribution is -2.12. The molecule has 3 aromatic rings. The lowest BCUT2D eigenvalue weighted by Gasteiger charge is -2.19. The molecule has 0 saturated heterocycles. The Bertz CT molecular complexity index is 1060. The minimum atomic E-state index is 0.0743. The van der Waals surface area contributed by atoms with E-state index in [0.717, 1.165) is 34.7 Å². The molecule has 0 atom stereocenters. The fourth-order valence-electron chi connectivity index (χ4n) is 3.45. The third-order valence-corrected chi connectivity index (χ3v) is 6.17. The van der Waals surface area contributed by atoms with E-state index in [9.17, 15) is 9.59 Å². The number of pyridine rings is 1. The molecule has 0 aliphatic carbocycles. The second kappa shape index (κ2) is 10.1. The van der Waals surface area contributed by atoms with Gasteiger partial charge in [0.05, 0.1) is 6.42 Å². The molecule has 0 fully saturated rings. The Kier molecular flexibility index (Phi) is 7.50. The van der Waals surface area contributed by atoms with Crippen molar-refractivity contribution in [3.63, 3.8) is 0 Å². The van der Waals surface area contributed by atoms with E-state index in [1.807, 2.05) is 30.5 Å². The van der Waals surface area contributed by atoms with E-state index in [4.69, 9.17) is 0 Å². The van der Waals surface area contributed by atoms with Crippen molar-refractivity contribution < 1.29 is 9.59 Å². The molecule has 0 N–H and O–H groups in total. The summed E-state index contributed by atoms with van der Waals surface area (Å²) in [5.41, 5.74) is 4.36. The van der Waals surface area contributed by atoms with Crippen LogP contribution in [0.5, 0.6) is 0 Å². The molecular weight excluding hydrogens is 404 g/mol. The fraction of sp³-hybridized carbons (Fsp3) is 0.385. The molecule has 5 heteroatoms. The number of thiazole rings is 1. The summed E-state index contributed by atoms with van der Waals surface area (Å²) in [5.74, 6) is 0.307. The van der Waals surface area contributed by atoms with Crippen molar-refractivity contribution in [3.05, 3.63) is 81.1 Å². The standard InChI is InChI=1S/C26H30N2O2S/c1-18(29)12-22-14-19(10-11-27-22)8-9-24-17-28-25(31-24)16-23(30)15-20-6-5-7-21(13-20)26(2,3)4/h5-7,10-11,13-14,17H,8-9,12,15-16H2,1-4H3. The van der Waals surface area contributed by atoms with Crippen LogP contribution >= 0.6 is 11.3 Å². The van der Waals surface area contributed by atoms with Crippen LogP contribution in [0.3, 0.4) is 0 Å². The van der Waals surface area contributed by atoms with Gasteiger partial charge in [-0.3, -0.25) is 14.6 Å². The van der Waals surface area contributed by atoms with Gasteiger partial charge in [0, 0.05) is 35.8 Å². The molecule has 0 radical (unpaired) electrons. The molecule has 1 aromatic carbocycles. The van der Waals surface area contributed by atoms with Gasteiger partial charge >= 0.3 is 0 Å². The van der Waals surface area contributed by atoms with Gasteiger partial charge in [-0.2, -0.15) is 0 Å². The average molecular weight is 435 g/mol. The van der Waals surface area contributed by atoms with Crippen LogP contribution in [-0.2, 0) is 47.1 Å². The number of aromatic nitrogens is 2. The second-order valence-electron chi connectivity index (χ2n) is 9.10. The first-order valence-electron chi connectivity index (χ1n) is 10.7. The van der Waals surface area contributed by atoms with E-state index >= 15 is 0 Å². The third kappa shape index (κ3) is 7.21. The second-order valence-corrected chi connectivity index (χ2v) is 10.3. The molecule has 162 valence electrons. The smallest absolute Gasteiger partial charge is 0.144 e. The van der Waals surface area contributed by atoms with E-state index < -0.39 is 0 Å². The summed E-state index contributed by atoms with van der Waals surface area (Å²) in [6.07, 6.45) is 6.56. The molecule has 31 heavy (non-hydrogen) atoms. The minimum Gasteiger partial charge on any atom is -0.300 e. The van der Waals surface area contributed by atoms with Crippen molar-refractivity contribution in [2.45, 2.75) is 65.2 Å². The van der Waals surface area contributed by atoms with Gasteiger partial charge in [0.25, 0.3) is 0 Å². The quantitative estimate of drug-likeness (QED) is 0.470. The van der Waals surface area contributed by atoms with Gasteiger partial charge in [-0.25, -0.2) is 4.98 Å². The molecule has 0 unspecified atom stereocenters. The maximum Gasteiger partial charge on any atom is 0.144 e. The zero-order valence-corrected chi connectivity index (χ0v) is 19.6. The number of carbonyl (C=O) groups is 2. The number of rotatable bonds is 9. The van der Waals surface area contributed by atoms with Gasteiger partial charge in [-0.1, -0.05) is 45.0 Å². The Balaban J connectivity index is 1.54. The van der Waals surface area contributed by atoms with Crippen LogP contribution < -0.4 is 0 Å². The normalized spacial score (nSPS) is 11.5. The summed E-state index contributed by atoms with van der Waals surface area (Å²) < 4.78 is 0. The van der Waals surface area contributed by atoms with Gasteiger partial charge in [0.2, 0.25) is 0 Å². The number of ketones is 2.